The zero-order valence-electron chi connectivity index (χ0n) is 8.99. The zero-order valence-corrected chi connectivity index (χ0v) is 8.99. The van der Waals surface area contributed by atoms with Crippen LogP contribution >= 0.6 is 0 Å². The van der Waals surface area contributed by atoms with E-state index < -0.39 is 6.55 Å². The van der Waals surface area contributed by atoms with Gasteiger partial charge in [0.05, 0.1) is 12.1 Å². The summed E-state index contributed by atoms with van der Waals surface area (Å²) in [6, 6.07) is 6.85. The Balaban J connectivity index is 2.45. The van der Waals surface area contributed by atoms with Gasteiger partial charge in [-0.2, -0.15) is 8.78 Å². The summed E-state index contributed by atoms with van der Waals surface area (Å²) >= 11 is 0. The quantitative estimate of drug-likeness (QED) is 0.771. The molecule has 0 amide bonds. The largest absolute Gasteiger partial charge is 0.493 e. The maximum atomic E-state index is 12.6. The third-order valence-electron chi connectivity index (χ3n) is 2.40. The number of hydrogen-bond acceptors (Lipinski definition) is 1. The summed E-state index contributed by atoms with van der Waals surface area (Å²) in [6.45, 7) is 0.0857. The fourth-order valence-corrected chi connectivity index (χ4v) is 1.67. The number of hydrogen-bond donors (Lipinski definition) is 0. The van der Waals surface area contributed by atoms with Gasteiger partial charge in [-0.1, -0.05) is 13.0 Å². The van der Waals surface area contributed by atoms with E-state index in [2.05, 4.69) is 0 Å². The molecule has 0 saturated heterocycles. The Morgan fingerprint density at radius 2 is 2.12 bits per heavy atom. The molecule has 2 rings (SSSR count). The zero-order chi connectivity index (χ0) is 11.5. The van der Waals surface area contributed by atoms with Gasteiger partial charge in [0, 0.05) is 11.6 Å². The minimum absolute atomic E-state index is 0.503. The van der Waals surface area contributed by atoms with Gasteiger partial charge in [0.2, 0.25) is 0 Å². The molecule has 0 aliphatic rings. The van der Waals surface area contributed by atoms with Crippen LogP contribution in [0.3, 0.4) is 0 Å². The number of rotatable bonds is 4. The van der Waals surface area contributed by atoms with Crippen molar-refractivity contribution in [1.29, 1.82) is 0 Å². The molecule has 0 fully saturated rings. The summed E-state index contributed by atoms with van der Waals surface area (Å²) in [7, 11) is 0. The third kappa shape index (κ3) is 1.87. The second kappa shape index (κ2) is 4.51. The Morgan fingerprint density at radius 1 is 1.31 bits per heavy atom. The Kier molecular flexibility index (Phi) is 3.08. The van der Waals surface area contributed by atoms with Gasteiger partial charge in [0.15, 0.2) is 0 Å². The third-order valence-corrected chi connectivity index (χ3v) is 2.40. The van der Waals surface area contributed by atoms with Gasteiger partial charge in [0.25, 0.3) is 0 Å². The summed E-state index contributed by atoms with van der Waals surface area (Å²) in [6.07, 6.45) is 2.28. The number of fused-ring (bicyclic) bond motifs is 1. The van der Waals surface area contributed by atoms with Crippen molar-refractivity contribution in [3.05, 3.63) is 30.5 Å². The molecular weight excluding hydrogens is 212 g/mol. The number of ether oxygens (including phenoxy) is 1. The van der Waals surface area contributed by atoms with E-state index in [0.29, 0.717) is 17.9 Å². The Hall–Kier alpha value is -1.58. The van der Waals surface area contributed by atoms with E-state index in [1.165, 1.54) is 6.20 Å². The second-order valence-electron chi connectivity index (χ2n) is 3.54. The van der Waals surface area contributed by atoms with Crippen molar-refractivity contribution in [3.63, 3.8) is 0 Å². The molecule has 4 heteroatoms. The SMILES string of the molecule is CCCOc1cccc2c1ccn2C(F)F. The lowest BCUT2D eigenvalue weighted by atomic mass is 10.2. The number of aromatic nitrogens is 1. The van der Waals surface area contributed by atoms with Crippen LogP contribution in [0.1, 0.15) is 19.9 Å². The fourth-order valence-electron chi connectivity index (χ4n) is 1.67. The molecule has 0 atom stereocenters. The number of halogens is 2. The van der Waals surface area contributed by atoms with Crippen LogP contribution in [-0.4, -0.2) is 11.2 Å². The van der Waals surface area contributed by atoms with Crippen LogP contribution in [0.25, 0.3) is 10.9 Å². The number of nitrogens with zero attached hydrogens (tertiary/aromatic N) is 1. The van der Waals surface area contributed by atoms with E-state index in [0.717, 1.165) is 16.4 Å². The Morgan fingerprint density at radius 3 is 2.81 bits per heavy atom. The van der Waals surface area contributed by atoms with Crippen LogP contribution in [-0.2, 0) is 0 Å². The molecule has 1 aromatic carbocycles. The van der Waals surface area contributed by atoms with Crippen molar-refractivity contribution in [2.45, 2.75) is 19.9 Å². The van der Waals surface area contributed by atoms with Crippen LogP contribution in [0.5, 0.6) is 5.75 Å². The highest BCUT2D eigenvalue weighted by Crippen LogP contribution is 2.29. The summed E-state index contributed by atoms with van der Waals surface area (Å²) in [5.41, 5.74) is 0.503. The van der Waals surface area contributed by atoms with E-state index in [4.69, 9.17) is 4.74 Å². The van der Waals surface area contributed by atoms with Gasteiger partial charge in [-0.05, 0) is 24.6 Å². The standard InChI is InChI=1S/C12H13F2NO/c1-2-8-16-11-5-3-4-10-9(11)6-7-15(10)12(13)14/h3-7,12H,2,8H2,1H3. The molecule has 0 unspecified atom stereocenters. The lowest BCUT2D eigenvalue weighted by Gasteiger charge is -2.07. The molecule has 2 aromatic rings. The molecule has 0 aliphatic carbocycles. The fraction of sp³-hybridized carbons (Fsp3) is 0.333. The topological polar surface area (TPSA) is 14.2 Å². The summed E-state index contributed by atoms with van der Waals surface area (Å²) in [4.78, 5) is 0. The molecular formula is C12H13F2NO. The first kappa shape index (κ1) is 10.9. The predicted molar refractivity (Wildman–Crippen MR) is 59.0 cm³/mol. The van der Waals surface area contributed by atoms with E-state index in [-0.39, 0.29) is 0 Å². The van der Waals surface area contributed by atoms with Gasteiger partial charge in [-0.15, -0.1) is 0 Å². The second-order valence-corrected chi connectivity index (χ2v) is 3.54. The maximum Gasteiger partial charge on any atom is 0.319 e. The van der Waals surface area contributed by atoms with Gasteiger partial charge >= 0.3 is 6.55 Å². The van der Waals surface area contributed by atoms with Crippen molar-refractivity contribution >= 4 is 10.9 Å². The van der Waals surface area contributed by atoms with Crippen molar-refractivity contribution in [2.24, 2.45) is 0 Å². The molecule has 16 heavy (non-hydrogen) atoms. The average molecular weight is 225 g/mol. The van der Waals surface area contributed by atoms with Crippen LogP contribution in [0.4, 0.5) is 8.78 Å². The highest BCUT2D eigenvalue weighted by atomic mass is 19.3. The van der Waals surface area contributed by atoms with E-state index in [1.54, 1.807) is 24.3 Å². The summed E-state index contributed by atoms with van der Waals surface area (Å²) in [5, 5.41) is 0.733. The summed E-state index contributed by atoms with van der Waals surface area (Å²) < 4.78 is 31.7. The lowest BCUT2D eigenvalue weighted by Crippen LogP contribution is -1.97. The molecule has 1 heterocycles. The van der Waals surface area contributed by atoms with E-state index in [9.17, 15) is 8.78 Å². The van der Waals surface area contributed by atoms with Crippen LogP contribution in [0.15, 0.2) is 30.5 Å². The minimum Gasteiger partial charge on any atom is -0.493 e. The normalized spacial score (nSPS) is 11.2. The molecule has 0 radical (unpaired) electrons. The highest BCUT2D eigenvalue weighted by molar-refractivity contribution is 5.86. The first-order chi connectivity index (χ1) is 7.74. The monoisotopic (exact) mass is 225 g/mol. The average Bonchev–Trinajstić information content (AvgIpc) is 2.70. The van der Waals surface area contributed by atoms with Crippen molar-refractivity contribution in [1.82, 2.24) is 4.57 Å². The van der Waals surface area contributed by atoms with Gasteiger partial charge < -0.3 is 4.74 Å². The first-order valence-corrected chi connectivity index (χ1v) is 5.24. The van der Waals surface area contributed by atoms with Crippen molar-refractivity contribution < 1.29 is 13.5 Å². The molecule has 2 nitrogen and oxygen atoms in total. The molecule has 0 aliphatic heterocycles. The highest BCUT2D eigenvalue weighted by Gasteiger charge is 2.11. The van der Waals surface area contributed by atoms with Crippen LogP contribution in [0, 0.1) is 0 Å². The minimum atomic E-state index is -2.51. The molecule has 0 saturated carbocycles. The van der Waals surface area contributed by atoms with Gasteiger partial charge in [-0.25, -0.2) is 0 Å². The molecule has 0 spiro atoms. The van der Waals surface area contributed by atoms with Crippen LogP contribution < -0.4 is 4.74 Å². The maximum absolute atomic E-state index is 12.6. The van der Waals surface area contributed by atoms with Crippen LogP contribution in [0.2, 0.25) is 0 Å². The van der Waals surface area contributed by atoms with Gasteiger partial charge in [0.1, 0.15) is 5.75 Å². The first-order valence-electron chi connectivity index (χ1n) is 5.24. The lowest BCUT2D eigenvalue weighted by molar-refractivity contribution is 0.0752. The van der Waals surface area contributed by atoms with E-state index >= 15 is 0 Å². The molecule has 86 valence electrons. The number of benzene rings is 1. The van der Waals surface area contributed by atoms with Gasteiger partial charge in [-0.3, -0.25) is 4.57 Å². The summed E-state index contributed by atoms with van der Waals surface area (Å²) in [5.74, 6) is 0.666. The van der Waals surface area contributed by atoms with E-state index in [1.807, 2.05) is 6.92 Å². The van der Waals surface area contributed by atoms with Crippen molar-refractivity contribution in [3.8, 4) is 5.75 Å². The van der Waals surface area contributed by atoms with Crippen molar-refractivity contribution in [2.75, 3.05) is 6.61 Å². The Bertz CT molecular complexity index is 479. The molecule has 0 N–H and O–H groups in total. The predicted octanol–water partition coefficient (Wildman–Crippen LogP) is 3.83. The molecule has 0 bridgehead atoms. The smallest absolute Gasteiger partial charge is 0.319 e. The Labute approximate surface area is 92.4 Å². The number of alkyl halides is 2. The molecule has 1 aromatic heterocycles.